The second kappa shape index (κ2) is 5.71. The zero-order valence-electron chi connectivity index (χ0n) is 12.3. The molecule has 4 heteroatoms. The lowest BCUT2D eigenvalue weighted by Crippen LogP contribution is -2.25. The van der Waals surface area contributed by atoms with Crippen molar-refractivity contribution in [3.8, 4) is 5.75 Å². The van der Waals surface area contributed by atoms with E-state index in [9.17, 15) is 5.11 Å². The predicted molar refractivity (Wildman–Crippen MR) is 90.4 cm³/mol. The molecule has 1 aliphatic heterocycles. The van der Waals surface area contributed by atoms with Crippen molar-refractivity contribution in [2.45, 2.75) is 19.4 Å². The number of phenolic OH excluding ortho intramolecular Hbond substituents is 1. The average Bonchev–Trinajstić information content (AvgIpc) is 2.90. The van der Waals surface area contributed by atoms with Gasteiger partial charge in [-0.25, -0.2) is 4.98 Å². The van der Waals surface area contributed by atoms with Crippen molar-refractivity contribution in [3.05, 3.63) is 58.6 Å². The SMILES string of the molecule is Oc1ccc2c(c1)CCN(Cc1ccc3scnc3c1)CC2. The molecule has 0 saturated heterocycles. The summed E-state index contributed by atoms with van der Waals surface area (Å²) in [5.74, 6) is 0.376. The van der Waals surface area contributed by atoms with E-state index in [0.717, 1.165) is 38.0 Å². The first kappa shape index (κ1) is 13.7. The van der Waals surface area contributed by atoms with E-state index in [1.165, 1.54) is 21.4 Å². The number of rotatable bonds is 2. The highest BCUT2D eigenvalue weighted by atomic mass is 32.1. The third-order valence-electron chi connectivity index (χ3n) is 4.39. The lowest BCUT2D eigenvalue weighted by Gasteiger charge is -2.19. The van der Waals surface area contributed by atoms with Crippen LogP contribution in [0.2, 0.25) is 0 Å². The van der Waals surface area contributed by atoms with E-state index in [2.05, 4.69) is 34.1 Å². The van der Waals surface area contributed by atoms with Crippen molar-refractivity contribution in [1.29, 1.82) is 0 Å². The first-order valence-electron chi connectivity index (χ1n) is 7.63. The van der Waals surface area contributed by atoms with Crippen LogP contribution in [0, 0.1) is 0 Å². The largest absolute Gasteiger partial charge is 0.508 e. The summed E-state index contributed by atoms with van der Waals surface area (Å²) in [6.07, 6.45) is 2.05. The molecule has 3 aromatic rings. The van der Waals surface area contributed by atoms with Crippen molar-refractivity contribution < 1.29 is 5.11 Å². The van der Waals surface area contributed by atoms with Crippen LogP contribution < -0.4 is 0 Å². The van der Waals surface area contributed by atoms with Gasteiger partial charge in [-0.2, -0.15) is 0 Å². The molecule has 2 aromatic carbocycles. The van der Waals surface area contributed by atoms with Gasteiger partial charge in [-0.1, -0.05) is 12.1 Å². The summed E-state index contributed by atoms with van der Waals surface area (Å²) in [6, 6.07) is 12.4. The van der Waals surface area contributed by atoms with Gasteiger partial charge in [-0.15, -0.1) is 11.3 Å². The van der Waals surface area contributed by atoms with Gasteiger partial charge in [0.2, 0.25) is 0 Å². The highest BCUT2D eigenvalue weighted by Gasteiger charge is 2.14. The highest BCUT2D eigenvalue weighted by molar-refractivity contribution is 7.16. The molecule has 112 valence electrons. The number of thiazole rings is 1. The molecular formula is C18H18N2OS. The Hall–Kier alpha value is -1.91. The van der Waals surface area contributed by atoms with Crippen LogP contribution in [0.4, 0.5) is 0 Å². The van der Waals surface area contributed by atoms with Crippen LogP contribution in [0.15, 0.2) is 41.9 Å². The minimum absolute atomic E-state index is 0.376. The number of aromatic hydroxyl groups is 1. The van der Waals surface area contributed by atoms with Crippen LogP contribution in [0.5, 0.6) is 5.75 Å². The quantitative estimate of drug-likeness (QED) is 0.785. The number of hydrogen-bond donors (Lipinski definition) is 1. The number of phenols is 1. The Bertz CT molecular complexity index is 812. The van der Waals surface area contributed by atoms with Crippen LogP contribution in [0.25, 0.3) is 10.2 Å². The van der Waals surface area contributed by atoms with Gasteiger partial charge < -0.3 is 5.11 Å². The fraction of sp³-hybridized carbons (Fsp3) is 0.278. The van der Waals surface area contributed by atoms with Crippen LogP contribution in [-0.4, -0.2) is 28.1 Å². The van der Waals surface area contributed by atoms with Gasteiger partial charge in [0.15, 0.2) is 0 Å². The number of hydrogen-bond acceptors (Lipinski definition) is 4. The van der Waals surface area contributed by atoms with Crippen molar-refractivity contribution in [2.75, 3.05) is 13.1 Å². The maximum atomic E-state index is 9.64. The molecule has 0 saturated carbocycles. The fourth-order valence-corrected chi connectivity index (χ4v) is 3.83. The molecule has 0 aliphatic carbocycles. The number of aromatic nitrogens is 1. The summed E-state index contributed by atoms with van der Waals surface area (Å²) < 4.78 is 1.25. The molecule has 22 heavy (non-hydrogen) atoms. The fourth-order valence-electron chi connectivity index (χ4n) is 3.18. The third-order valence-corrected chi connectivity index (χ3v) is 5.20. The van der Waals surface area contributed by atoms with E-state index >= 15 is 0 Å². The van der Waals surface area contributed by atoms with Crippen LogP contribution in [0.1, 0.15) is 16.7 Å². The zero-order valence-corrected chi connectivity index (χ0v) is 13.1. The number of benzene rings is 2. The van der Waals surface area contributed by atoms with E-state index < -0.39 is 0 Å². The van der Waals surface area contributed by atoms with Crippen molar-refractivity contribution in [3.63, 3.8) is 0 Å². The highest BCUT2D eigenvalue weighted by Crippen LogP contribution is 2.23. The molecule has 0 spiro atoms. The summed E-state index contributed by atoms with van der Waals surface area (Å²) >= 11 is 1.69. The average molecular weight is 310 g/mol. The molecule has 0 bridgehead atoms. The summed E-state index contributed by atoms with van der Waals surface area (Å²) in [6.45, 7) is 3.06. The molecule has 4 rings (SSSR count). The molecule has 0 radical (unpaired) electrons. The first-order valence-corrected chi connectivity index (χ1v) is 8.51. The smallest absolute Gasteiger partial charge is 0.115 e. The van der Waals surface area contributed by atoms with E-state index in [1.54, 1.807) is 17.4 Å². The normalized spacial score (nSPS) is 15.6. The molecule has 1 N–H and O–H groups in total. The molecule has 0 atom stereocenters. The first-order chi connectivity index (χ1) is 10.8. The molecule has 0 unspecified atom stereocenters. The van der Waals surface area contributed by atoms with E-state index in [1.807, 2.05) is 11.6 Å². The second-order valence-corrected chi connectivity index (χ2v) is 6.77. The zero-order chi connectivity index (χ0) is 14.9. The van der Waals surface area contributed by atoms with Gasteiger partial charge in [-0.3, -0.25) is 4.90 Å². The summed E-state index contributed by atoms with van der Waals surface area (Å²) in [5, 5.41) is 9.64. The summed E-state index contributed by atoms with van der Waals surface area (Å²) in [7, 11) is 0. The Balaban J connectivity index is 1.50. The monoisotopic (exact) mass is 310 g/mol. The minimum atomic E-state index is 0.376. The molecule has 1 aliphatic rings. The Morgan fingerprint density at radius 1 is 1.05 bits per heavy atom. The lowest BCUT2D eigenvalue weighted by molar-refractivity contribution is 0.279. The Morgan fingerprint density at radius 2 is 1.91 bits per heavy atom. The van der Waals surface area contributed by atoms with Crippen molar-refractivity contribution in [2.24, 2.45) is 0 Å². The van der Waals surface area contributed by atoms with Gasteiger partial charge in [0.25, 0.3) is 0 Å². The predicted octanol–water partition coefficient (Wildman–Crippen LogP) is 3.60. The Morgan fingerprint density at radius 3 is 2.82 bits per heavy atom. The number of fused-ring (bicyclic) bond motifs is 2. The van der Waals surface area contributed by atoms with E-state index in [-0.39, 0.29) is 0 Å². The summed E-state index contributed by atoms with van der Waals surface area (Å²) in [4.78, 5) is 6.90. The molecular weight excluding hydrogens is 292 g/mol. The van der Waals surface area contributed by atoms with Gasteiger partial charge in [0, 0.05) is 19.6 Å². The number of nitrogens with zero attached hydrogens (tertiary/aromatic N) is 2. The Kier molecular flexibility index (Phi) is 3.56. The topological polar surface area (TPSA) is 36.4 Å². The standard InChI is InChI=1S/C18H18N2OS/c21-16-3-2-14-5-7-20(8-6-15(14)10-16)11-13-1-4-18-17(9-13)19-12-22-18/h1-4,9-10,12,21H,5-8,11H2. The van der Waals surface area contributed by atoms with Crippen molar-refractivity contribution in [1.82, 2.24) is 9.88 Å². The second-order valence-electron chi connectivity index (χ2n) is 5.88. The molecule has 3 nitrogen and oxygen atoms in total. The van der Waals surface area contributed by atoms with Crippen molar-refractivity contribution >= 4 is 21.6 Å². The summed E-state index contributed by atoms with van der Waals surface area (Å²) in [5.41, 5.74) is 6.99. The van der Waals surface area contributed by atoms with Crippen LogP contribution in [-0.2, 0) is 19.4 Å². The van der Waals surface area contributed by atoms with Crippen LogP contribution in [0.3, 0.4) is 0 Å². The lowest BCUT2D eigenvalue weighted by atomic mass is 10.0. The van der Waals surface area contributed by atoms with E-state index in [4.69, 9.17) is 0 Å². The third kappa shape index (κ3) is 2.72. The van der Waals surface area contributed by atoms with Gasteiger partial charge in [-0.05, 0) is 53.8 Å². The van der Waals surface area contributed by atoms with Gasteiger partial charge in [0.1, 0.15) is 5.75 Å². The maximum Gasteiger partial charge on any atom is 0.115 e. The van der Waals surface area contributed by atoms with Gasteiger partial charge >= 0.3 is 0 Å². The van der Waals surface area contributed by atoms with Gasteiger partial charge in [0.05, 0.1) is 15.7 Å². The molecule has 0 fully saturated rings. The molecule has 0 amide bonds. The van der Waals surface area contributed by atoms with E-state index in [0.29, 0.717) is 5.75 Å². The molecule has 2 heterocycles. The Labute approximate surface area is 133 Å². The maximum absolute atomic E-state index is 9.64. The van der Waals surface area contributed by atoms with Crippen LogP contribution >= 0.6 is 11.3 Å². The molecule has 1 aromatic heterocycles. The minimum Gasteiger partial charge on any atom is -0.508 e.